The SMILES string of the molecule is COc1ccc(N2CCC(C=O)CC2)cc1F. The van der Waals surface area contributed by atoms with Crippen molar-refractivity contribution >= 4 is 12.0 Å². The fraction of sp³-hybridized carbons (Fsp3) is 0.462. The number of hydrogen-bond acceptors (Lipinski definition) is 3. The molecule has 92 valence electrons. The van der Waals surface area contributed by atoms with Gasteiger partial charge in [0.2, 0.25) is 0 Å². The molecule has 0 unspecified atom stereocenters. The van der Waals surface area contributed by atoms with Crippen molar-refractivity contribution in [3.8, 4) is 5.75 Å². The van der Waals surface area contributed by atoms with E-state index in [1.165, 1.54) is 13.2 Å². The molecule has 1 aliphatic rings. The molecule has 1 aromatic carbocycles. The highest BCUT2D eigenvalue weighted by Gasteiger charge is 2.19. The summed E-state index contributed by atoms with van der Waals surface area (Å²) in [6.07, 6.45) is 2.71. The summed E-state index contributed by atoms with van der Waals surface area (Å²) in [5.41, 5.74) is 0.854. The molecule has 0 bridgehead atoms. The summed E-state index contributed by atoms with van der Waals surface area (Å²) in [7, 11) is 1.45. The number of methoxy groups -OCH3 is 1. The number of anilines is 1. The van der Waals surface area contributed by atoms with Crippen molar-refractivity contribution in [3.63, 3.8) is 0 Å². The minimum absolute atomic E-state index is 0.161. The van der Waals surface area contributed by atoms with E-state index in [-0.39, 0.29) is 17.5 Å². The molecule has 4 heteroatoms. The third-order valence-corrected chi connectivity index (χ3v) is 3.23. The van der Waals surface area contributed by atoms with E-state index in [1.807, 2.05) is 6.07 Å². The number of carbonyl (C=O) groups excluding carboxylic acids is 1. The molecule has 0 saturated carbocycles. The van der Waals surface area contributed by atoms with Gasteiger partial charge in [0.25, 0.3) is 0 Å². The van der Waals surface area contributed by atoms with Crippen LogP contribution in [0.5, 0.6) is 5.75 Å². The van der Waals surface area contributed by atoms with Gasteiger partial charge in [-0.3, -0.25) is 0 Å². The predicted molar refractivity (Wildman–Crippen MR) is 64.0 cm³/mol. The van der Waals surface area contributed by atoms with Gasteiger partial charge in [-0.15, -0.1) is 0 Å². The van der Waals surface area contributed by atoms with Gasteiger partial charge in [0.1, 0.15) is 6.29 Å². The lowest BCUT2D eigenvalue weighted by Gasteiger charge is -2.31. The average molecular weight is 237 g/mol. The molecule has 0 amide bonds. The lowest BCUT2D eigenvalue weighted by Crippen LogP contribution is -2.34. The number of aldehydes is 1. The van der Waals surface area contributed by atoms with Crippen molar-refractivity contribution in [3.05, 3.63) is 24.0 Å². The van der Waals surface area contributed by atoms with Crippen molar-refractivity contribution < 1.29 is 13.9 Å². The van der Waals surface area contributed by atoms with Crippen LogP contribution in [0.25, 0.3) is 0 Å². The molecule has 0 N–H and O–H groups in total. The number of nitrogens with zero attached hydrogens (tertiary/aromatic N) is 1. The van der Waals surface area contributed by atoms with Crippen LogP contribution in [0.3, 0.4) is 0 Å². The van der Waals surface area contributed by atoms with Crippen LogP contribution in [0.1, 0.15) is 12.8 Å². The van der Waals surface area contributed by atoms with Gasteiger partial charge in [-0.25, -0.2) is 4.39 Å². The van der Waals surface area contributed by atoms with Crippen molar-refractivity contribution in [1.29, 1.82) is 0 Å². The molecule has 1 heterocycles. The first-order valence-corrected chi connectivity index (χ1v) is 5.78. The zero-order chi connectivity index (χ0) is 12.3. The number of rotatable bonds is 3. The van der Waals surface area contributed by atoms with E-state index in [9.17, 15) is 9.18 Å². The fourth-order valence-corrected chi connectivity index (χ4v) is 2.15. The van der Waals surface area contributed by atoms with Crippen LogP contribution in [0.2, 0.25) is 0 Å². The van der Waals surface area contributed by atoms with Crippen molar-refractivity contribution in [1.82, 2.24) is 0 Å². The van der Waals surface area contributed by atoms with Crippen LogP contribution < -0.4 is 9.64 Å². The summed E-state index contributed by atoms with van der Waals surface area (Å²) in [5.74, 6) is 0.0772. The normalized spacial score (nSPS) is 16.9. The largest absolute Gasteiger partial charge is 0.494 e. The third kappa shape index (κ3) is 2.57. The maximum Gasteiger partial charge on any atom is 0.167 e. The minimum Gasteiger partial charge on any atom is -0.494 e. The van der Waals surface area contributed by atoms with E-state index < -0.39 is 0 Å². The summed E-state index contributed by atoms with van der Waals surface area (Å²) in [4.78, 5) is 12.7. The smallest absolute Gasteiger partial charge is 0.167 e. The second-order valence-corrected chi connectivity index (χ2v) is 4.28. The van der Waals surface area contributed by atoms with Gasteiger partial charge < -0.3 is 14.4 Å². The van der Waals surface area contributed by atoms with Gasteiger partial charge in [0, 0.05) is 30.8 Å². The molecule has 17 heavy (non-hydrogen) atoms. The van der Waals surface area contributed by atoms with E-state index in [4.69, 9.17) is 4.74 Å². The number of halogens is 1. The van der Waals surface area contributed by atoms with Crippen LogP contribution in [0.15, 0.2) is 18.2 Å². The fourth-order valence-electron chi connectivity index (χ4n) is 2.15. The molecule has 0 aromatic heterocycles. The Bertz CT molecular complexity index is 400. The van der Waals surface area contributed by atoms with Gasteiger partial charge in [-0.05, 0) is 25.0 Å². The Kier molecular flexibility index (Phi) is 3.61. The standard InChI is InChI=1S/C13H16FNO2/c1-17-13-3-2-11(8-12(13)14)15-6-4-10(9-16)5-7-15/h2-3,8-10H,4-7H2,1H3. The van der Waals surface area contributed by atoms with Crippen LogP contribution >= 0.6 is 0 Å². The van der Waals surface area contributed by atoms with E-state index >= 15 is 0 Å². The Labute approximate surface area is 100 Å². The van der Waals surface area contributed by atoms with E-state index in [2.05, 4.69) is 4.90 Å². The second-order valence-electron chi connectivity index (χ2n) is 4.28. The molecule has 1 aliphatic heterocycles. The summed E-state index contributed by atoms with van der Waals surface area (Å²) < 4.78 is 18.4. The van der Waals surface area contributed by atoms with Crippen molar-refractivity contribution in [2.75, 3.05) is 25.1 Å². The highest BCUT2D eigenvalue weighted by molar-refractivity contribution is 5.56. The van der Waals surface area contributed by atoms with Crippen molar-refractivity contribution in [2.24, 2.45) is 5.92 Å². The number of benzene rings is 1. The van der Waals surface area contributed by atoms with E-state index in [0.717, 1.165) is 37.9 Å². The summed E-state index contributed by atoms with van der Waals surface area (Å²) in [5, 5.41) is 0. The first-order valence-electron chi connectivity index (χ1n) is 5.78. The van der Waals surface area contributed by atoms with Crippen LogP contribution in [0.4, 0.5) is 10.1 Å². The Morgan fingerprint density at radius 2 is 2.12 bits per heavy atom. The van der Waals surface area contributed by atoms with Crippen LogP contribution in [-0.4, -0.2) is 26.5 Å². The molecule has 2 rings (SSSR count). The zero-order valence-electron chi connectivity index (χ0n) is 9.86. The van der Waals surface area contributed by atoms with Gasteiger partial charge >= 0.3 is 0 Å². The van der Waals surface area contributed by atoms with Crippen LogP contribution in [0, 0.1) is 11.7 Å². The second kappa shape index (κ2) is 5.17. The zero-order valence-corrected chi connectivity index (χ0v) is 9.86. The third-order valence-electron chi connectivity index (χ3n) is 3.23. The highest BCUT2D eigenvalue weighted by Crippen LogP contribution is 2.26. The lowest BCUT2D eigenvalue weighted by molar-refractivity contribution is -0.111. The van der Waals surface area contributed by atoms with Crippen molar-refractivity contribution in [2.45, 2.75) is 12.8 Å². The summed E-state index contributed by atoms with van der Waals surface area (Å²) >= 11 is 0. The molecule has 1 saturated heterocycles. The molecule has 1 aromatic rings. The van der Waals surface area contributed by atoms with Gasteiger partial charge in [-0.1, -0.05) is 0 Å². The number of piperidine rings is 1. The molecule has 1 fully saturated rings. The van der Waals surface area contributed by atoms with E-state index in [0.29, 0.717) is 0 Å². The highest BCUT2D eigenvalue weighted by atomic mass is 19.1. The maximum atomic E-state index is 13.5. The summed E-state index contributed by atoms with van der Waals surface area (Å²) in [6.45, 7) is 1.60. The summed E-state index contributed by atoms with van der Waals surface area (Å²) in [6, 6.07) is 4.97. The maximum absolute atomic E-state index is 13.5. The number of carbonyl (C=O) groups is 1. The number of hydrogen-bond donors (Lipinski definition) is 0. The monoisotopic (exact) mass is 237 g/mol. The molecular weight excluding hydrogens is 221 g/mol. The molecule has 3 nitrogen and oxygen atoms in total. The van der Waals surface area contributed by atoms with Gasteiger partial charge in [-0.2, -0.15) is 0 Å². The Balaban J connectivity index is 2.08. The first-order chi connectivity index (χ1) is 8.24. The minimum atomic E-state index is -0.345. The van der Waals surface area contributed by atoms with Gasteiger partial charge in [0.05, 0.1) is 7.11 Å². The molecular formula is C13H16FNO2. The molecule has 0 aliphatic carbocycles. The first kappa shape index (κ1) is 11.9. The lowest BCUT2D eigenvalue weighted by atomic mass is 9.98. The average Bonchev–Trinajstić information content (AvgIpc) is 2.39. The number of ether oxygens (including phenoxy) is 1. The topological polar surface area (TPSA) is 29.5 Å². The quantitative estimate of drug-likeness (QED) is 0.755. The molecule has 0 radical (unpaired) electrons. The van der Waals surface area contributed by atoms with Crippen LogP contribution in [-0.2, 0) is 4.79 Å². The predicted octanol–water partition coefficient (Wildman–Crippen LogP) is 2.25. The van der Waals surface area contributed by atoms with Gasteiger partial charge in [0.15, 0.2) is 11.6 Å². The molecule has 0 spiro atoms. The molecule has 0 atom stereocenters. The van der Waals surface area contributed by atoms with E-state index in [1.54, 1.807) is 6.07 Å². The Morgan fingerprint density at radius 3 is 2.65 bits per heavy atom. The Hall–Kier alpha value is -1.58. The Morgan fingerprint density at radius 1 is 1.41 bits per heavy atom.